The standard InChI is InChI=1S/C32H30F6/c1-2-3-4-5-21-6-8-22(9-7-21)10-11-23-12-14-24(15-13-23)25-18-26-20-28(33)27(16-17-32(36,37)38)31(35)30(26)29(34)19-25/h8,12-15,18-21H,2-7,9-11H2,1H3. The Labute approximate surface area is 219 Å². The Morgan fingerprint density at radius 1 is 0.895 bits per heavy atom. The van der Waals surface area contributed by atoms with Crippen LogP contribution in [0.25, 0.3) is 21.9 Å². The van der Waals surface area contributed by atoms with Gasteiger partial charge in [0.2, 0.25) is 0 Å². The van der Waals surface area contributed by atoms with E-state index < -0.39 is 34.6 Å². The van der Waals surface area contributed by atoms with Gasteiger partial charge in [0.05, 0.1) is 10.9 Å². The van der Waals surface area contributed by atoms with E-state index in [4.69, 9.17) is 0 Å². The van der Waals surface area contributed by atoms with E-state index >= 15 is 0 Å². The third-order valence-corrected chi connectivity index (χ3v) is 7.26. The second-order valence-electron chi connectivity index (χ2n) is 10.0. The lowest BCUT2D eigenvalue weighted by Crippen LogP contribution is -2.06. The zero-order valence-corrected chi connectivity index (χ0v) is 21.3. The Kier molecular flexibility index (Phi) is 8.87. The third-order valence-electron chi connectivity index (χ3n) is 7.26. The summed E-state index contributed by atoms with van der Waals surface area (Å²) in [5.41, 5.74) is 2.62. The SMILES string of the molecule is CCCCCC1CC=C(CCc2ccc(-c3cc(F)c4c(F)c(C#CC(F)(F)F)c(F)cc4c3)cc2)CC1. The number of hydrogen-bond acceptors (Lipinski definition) is 0. The van der Waals surface area contributed by atoms with Gasteiger partial charge in [0, 0.05) is 5.92 Å². The number of halogens is 6. The smallest absolute Gasteiger partial charge is 0.206 e. The minimum atomic E-state index is -4.92. The van der Waals surface area contributed by atoms with Gasteiger partial charge in [0.1, 0.15) is 11.6 Å². The van der Waals surface area contributed by atoms with Crippen molar-refractivity contribution in [3.63, 3.8) is 0 Å². The Morgan fingerprint density at radius 3 is 2.32 bits per heavy atom. The molecule has 0 aliphatic heterocycles. The molecule has 3 aromatic carbocycles. The van der Waals surface area contributed by atoms with E-state index in [0.717, 1.165) is 48.8 Å². The van der Waals surface area contributed by atoms with Gasteiger partial charge in [0.15, 0.2) is 5.82 Å². The van der Waals surface area contributed by atoms with E-state index in [0.29, 0.717) is 11.1 Å². The quantitative estimate of drug-likeness (QED) is 0.118. The highest BCUT2D eigenvalue weighted by atomic mass is 19.4. The lowest BCUT2D eigenvalue weighted by Gasteiger charge is -2.22. The van der Waals surface area contributed by atoms with Crippen LogP contribution in [0.1, 0.15) is 69.4 Å². The van der Waals surface area contributed by atoms with Crippen LogP contribution < -0.4 is 0 Å². The molecule has 1 aliphatic carbocycles. The molecule has 4 rings (SSSR count). The first kappa shape index (κ1) is 27.8. The van der Waals surface area contributed by atoms with E-state index in [-0.39, 0.29) is 5.39 Å². The maximum absolute atomic E-state index is 14.9. The van der Waals surface area contributed by atoms with Gasteiger partial charge in [-0.05, 0) is 78.3 Å². The molecule has 0 heterocycles. The summed E-state index contributed by atoms with van der Waals surface area (Å²) < 4.78 is 81.1. The van der Waals surface area contributed by atoms with Gasteiger partial charge < -0.3 is 0 Å². The van der Waals surface area contributed by atoms with Crippen LogP contribution in [0.15, 0.2) is 54.1 Å². The number of rotatable bonds is 8. The van der Waals surface area contributed by atoms with Crippen LogP contribution >= 0.6 is 0 Å². The Bertz CT molecular complexity index is 1370. The van der Waals surface area contributed by atoms with Crippen LogP contribution in [0.4, 0.5) is 26.3 Å². The van der Waals surface area contributed by atoms with Gasteiger partial charge in [0.25, 0.3) is 0 Å². The Balaban J connectivity index is 1.46. The molecule has 0 N–H and O–H groups in total. The van der Waals surface area contributed by atoms with E-state index in [1.807, 2.05) is 24.3 Å². The molecule has 0 saturated carbocycles. The summed E-state index contributed by atoms with van der Waals surface area (Å²) in [5, 5.41) is -0.680. The van der Waals surface area contributed by atoms with Crippen molar-refractivity contribution in [2.45, 2.75) is 70.9 Å². The van der Waals surface area contributed by atoms with Crippen LogP contribution in [-0.4, -0.2) is 6.18 Å². The normalized spacial score (nSPS) is 15.8. The van der Waals surface area contributed by atoms with Crippen LogP contribution in [-0.2, 0) is 6.42 Å². The van der Waals surface area contributed by atoms with Crippen molar-refractivity contribution in [2.75, 3.05) is 0 Å². The van der Waals surface area contributed by atoms with E-state index in [9.17, 15) is 26.3 Å². The minimum Gasteiger partial charge on any atom is -0.206 e. The number of unbranched alkanes of at least 4 members (excludes halogenated alkanes) is 2. The van der Waals surface area contributed by atoms with Crippen molar-refractivity contribution in [1.29, 1.82) is 0 Å². The fourth-order valence-electron chi connectivity index (χ4n) is 5.11. The van der Waals surface area contributed by atoms with Gasteiger partial charge in [-0.25, -0.2) is 13.2 Å². The molecule has 0 nitrogen and oxygen atoms in total. The zero-order chi connectivity index (χ0) is 27.3. The molecule has 1 aliphatic rings. The molecule has 1 atom stereocenters. The second kappa shape index (κ2) is 12.1. The molecule has 0 spiro atoms. The van der Waals surface area contributed by atoms with Gasteiger partial charge in [-0.3, -0.25) is 0 Å². The average molecular weight is 529 g/mol. The summed E-state index contributed by atoms with van der Waals surface area (Å²) in [6, 6.07) is 10.9. The van der Waals surface area contributed by atoms with Crippen LogP contribution in [0.2, 0.25) is 0 Å². The van der Waals surface area contributed by atoms with Gasteiger partial charge in [-0.1, -0.05) is 74.4 Å². The predicted octanol–water partition coefficient (Wildman–Crippen LogP) is 10.1. The summed E-state index contributed by atoms with van der Waals surface area (Å²) in [6.45, 7) is 2.23. The summed E-state index contributed by atoms with van der Waals surface area (Å²) in [7, 11) is 0. The number of hydrogen-bond donors (Lipinski definition) is 0. The van der Waals surface area contributed by atoms with Gasteiger partial charge in [-0.2, -0.15) is 13.2 Å². The van der Waals surface area contributed by atoms with Crippen molar-refractivity contribution < 1.29 is 26.3 Å². The molecule has 0 aromatic heterocycles. The van der Waals surface area contributed by atoms with Crippen molar-refractivity contribution >= 4 is 10.8 Å². The number of allylic oxidation sites excluding steroid dienone is 2. The van der Waals surface area contributed by atoms with Crippen LogP contribution in [0.5, 0.6) is 0 Å². The molecule has 3 aromatic rings. The van der Waals surface area contributed by atoms with E-state index in [1.54, 1.807) is 0 Å². The van der Waals surface area contributed by atoms with Crippen molar-refractivity contribution in [3.05, 3.63) is 82.7 Å². The fraction of sp³-hybridized carbons (Fsp3) is 0.375. The minimum absolute atomic E-state index is 0.0890. The third kappa shape index (κ3) is 7.01. The number of aryl methyl sites for hydroxylation is 1. The molecule has 0 radical (unpaired) electrons. The molecular formula is C32H30F6. The van der Waals surface area contributed by atoms with Crippen molar-refractivity contribution in [3.8, 4) is 23.0 Å². The predicted molar refractivity (Wildman–Crippen MR) is 140 cm³/mol. The second-order valence-corrected chi connectivity index (χ2v) is 10.0. The largest absolute Gasteiger partial charge is 0.458 e. The maximum atomic E-state index is 14.9. The molecule has 0 saturated heterocycles. The van der Waals surface area contributed by atoms with Gasteiger partial charge in [-0.15, -0.1) is 0 Å². The summed E-state index contributed by atoms with van der Waals surface area (Å²) in [6.07, 6.45) is 8.18. The maximum Gasteiger partial charge on any atom is 0.458 e. The lowest BCUT2D eigenvalue weighted by atomic mass is 9.84. The number of alkyl halides is 3. The molecule has 200 valence electrons. The molecule has 0 fully saturated rings. The highest BCUT2D eigenvalue weighted by Crippen LogP contribution is 2.33. The van der Waals surface area contributed by atoms with Crippen LogP contribution in [0.3, 0.4) is 0 Å². The van der Waals surface area contributed by atoms with E-state index in [2.05, 4.69) is 13.0 Å². The van der Waals surface area contributed by atoms with Crippen molar-refractivity contribution in [1.82, 2.24) is 0 Å². The summed E-state index contributed by atoms with van der Waals surface area (Å²) in [4.78, 5) is 0. The topological polar surface area (TPSA) is 0 Å². The van der Waals surface area contributed by atoms with Gasteiger partial charge >= 0.3 is 6.18 Å². The Hall–Kier alpha value is -3.20. The highest BCUT2D eigenvalue weighted by molar-refractivity contribution is 5.89. The molecule has 0 bridgehead atoms. The first-order valence-corrected chi connectivity index (χ1v) is 13.1. The Morgan fingerprint density at radius 2 is 1.66 bits per heavy atom. The zero-order valence-electron chi connectivity index (χ0n) is 21.3. The van der Waals surface area contributed by atoms with Crippen molar-refractivity contribution in [2.24, 2.45) is 5.92 Å². The molecule has 38 heavy (non-hydrogen) atoms. The first-order chi connectivity index (χ1) is 18.1. The molecule has 0 amide bonds. The molecular weight excluding hydrogens is 498 g/mol. The molecule has 1 unspecified atom stereocenters. The summed E-state index contributed by atoms with van der Waals surface area (Å²) >= 11 is 0. The highest BCUT2D eigenvalue weighted by Gasteiger charge is 2.24. The number of fused-ring (bicyclic) bond motifs is 1. The average Bonchev–Trinajstić information content (AvgIpc) is 2.87. The fourth-order valence-corrected chi connectivity index (χ4v) is 5.11. The monoisotopic (exact) mass is 528 g/mol. The first-order valence-electron chi connectivity index (χ1n) is 13.1. The number of benzene rings is 3. The molecule has 6 heteroatoms. The lowest BCUT2D eigenvalue weighted by molar-refractivity contribution is -0.0696. The van der Waals surface area contributed by atoms with Crippen LogP contribution in [0, 0.1) is 35.2 Å². The summed E-state index contributed by atoms with van der Waals surface area (Å²) in [5.74, 6) is -0.622. The van der Waals surface area contributed by atoms with E-state index in [1.165, 1.54) is 56.1 Å².